The summed E-state index contributed by atoms with van der Waals surface area (Å²) in [5, 5.41) is 28.8. The molecule has 17 heavy (non-hydrogen) atoms. The molecule has 0 bridgehead atoms. The van der Waals surface area contributed by atoms with Crippen LogP contribution in [0.5, 0.6) is 0 Å². The zero-order chi connectivity index (χ0) is 12.7. The van der Waals surface area contributed by atoms with Gasteiger partial charge in [-0.1, -0.05) is 6.42 Å². The molecule has 0 heterocycles. The highest BCUT2D eigenvalue weighted by Gasteiger charge is 2.50. The summed E-state index contributed by atoms with van der Waals surface area (Å²) in [6.07, 6.45) is 4.79. The first kappa shape index (κ1) is 13.4. The Kier molecular flexibility index (Phi) is 4.90. The minimum absolute atomic E-state index is 0.183. The molecule has 1 fully saturated rings. The molecule has 1 atom stereocenters. The number of hydrogen-bond donors (Lipinski definition) is 0. The summed E-state index contributed by atoms with van der Waals surface area (Å²) in [6.45, 7) is 0. The van der Waals surface area contributed by atoms with Gasteiger partial charge >= 0.3 is 0 Å². The first-order chi connectivity index (χ1) is 8.17. The van der Waals surface area contributed by atoms with Crippen LogP contribution in [0.2, 0.25) is 0 Å². The largest absolute Gasteiger partial charge is 0.264 e. The molecule has 1 aliphatic carbocycles. The molecule has 0 saturated heterocycles. The van der Waals surface area contributed by atoms with Gasteiger partial charge in [0.25, 0.3) is 0 Å². The van der Waals surface area contributed by atoms with E-state index in [4.69, 9.17) is 10.5 Å². The summed E-state index contributed by atoms with van der Waals surface area (Å²) >= 11 is 0. The van der Waals surface area contributed by atoms with Crippen molar-refractivity contribution in [3.8, 4) is 12.1 Å². The van der Waals surface area contributed by atoms with Gasteiger partial charge in [-0.25, -0.2) is 0 Å². The lowest BCUT2D eigenvalue weighted by Gasteiger charge is -2.34. The Morgan fingerprint density at radius 2 is 1.88 bits per heavy atom. The van der Waals surface area contributed by atoms with Crippen molar-refractivity contribution in [2.45, 2.75) is 56.9 Å². The molecule has 1 unspecified atom stereocenters. The SMILES string of the molecule is N#CCCC(CC#N)C1([N+](=O)[O-])CCCCC1. The minimum Gasteiger partial charge on any atom is -0.264 e. The molecule has 92 valence electrons. The van der Waals surface area contributed by atoms with Gasteiger partial charge in [0.15, 0.2) is 0 Å². The molecule has 0 aromatic rings. The van der Waals surface area contributed by atoms with Gasteiger partial charge in [0, 0.05) is 36.5 Å². The molecule has 0 aromatic heterocycles. The Morgan fingerprint density at radius 3 is 2.35 bits per heavy atom. The number of hydrogen-bond acceptors (Lipinski definition) is 4. The van der Waals surface area contributed by atoms with Gasteiger partial charge in [-0.3, -0.25) is 10.1 Å². The van der Waals surface area contributed by atoms with E-state index >= 15 is 0 Å². The maximum atomic E-state index is 11.4. The molecule has 5 nitrogen and oxygen atoms in total. The molecule has 5 heteroatoms. The number of rotatable bonds is 5. The van der Waals surface area contributed by atoms with Crippen LogP contribution in [0.4, 0.5) is 0 Å². The monoisotopic (exact) mass is 235 g/mol. The van der Waals surface area contributed by atoms with Crippen LogP contribution in [0.15, 0.2) is 0 Å². The fourth-order valence-corrected chi connectivity index (χ4v) is 2.81. The zero-order valence-corrected chi connectivity index (χ0v) is 9.89. The maximum absolute atomic E-state index is 11.4. The van der Waals surface area contributed by atoms with Crippen LogP contribution in [-0.4, -0.2) is 10.5 Å². The standard InChI is InChI=1S/C12H17N3O2/c13-9-4-5-11(6-10-14)12(15(16)17)7-2-1-3-8-12/h11H,1-8H2. The summed E-state index contributed by atoms with van der Waals surface area (Å²) in [4.78, 5) is 11.2. The van der Waals surface area contributed by atoms with Crippen LogP contribution < -0.4 is 0 Å². The summed E-state index contributed by atoms with van der Waals surface area (Å²) in [6, 6.07) is 4.06. The van der Waals surface area contributed by atoms with Crippen LogP contribution in [-0.2, 0) is 0 Å². The second-order valence-electron chi connectivity index (χ2n) is 4.68. The maximum Gasteiger partial charge on any atom is 0.226 e. The third kappa shape index (κ3) is 2.94. The average Bonchev–Trinajstić information content (AvgIpc) is 2.35. The summed E-state index contributed by atoms with van der Waals surface area (Å²) < 4.78 is 0. The van der Waals surface area contributed by atoms with Crippen LogP contribution in [0.1, 0.15) is 51.4 Å². The molecule has 0 N–H and O–H groups in total. The van der Waals surface area contributed by atoms with Crippen molar-refractivity contribution in [3.63, 3.8) is 0 Å². The Bertz CT molecular complexity index is 348. The predicted octanol–water partition coefficient (Wildman–Crippen LogP) is 2.80. The van der Waals surface area contributed by atoms with Crippen LogP contribution >= 0.6 is 0 Å². The van der Waals surface area contributed by atoms with Gasteiger partial charge < -0.3 is 0 Å². The van der Waals surface area contributed by atoms with E-state index < -0.39 is 5.54 Å². The summed E-state index contributed by atoms with van der Waals surface area (Å²) in [5.74, 6) is -0.276. The van der Waals surface area contributed by atoms with E-state index in [9.17, 15) is 10.1 Å². The van der Waals surface area contributed by atoms with Gasteiger partial charge in [0.2, 0.25) is 5.54 Å². The highest BCUT2D eigenvalue weighted by atomic mass is 16.6. The average molecular weight is 235 g/mol. The summed E-state index contributed by atoms with van der Waals surface area (Å²) in [7, 11) is 0. The molecular weight excluding hydrogens is 218 g/mol. The third-order valence-corrected chi connectivity index (χ3v) is 3.79. The lowest BCUT2D eigenvalue weighted by molar-refractivity contribution is -0.586. The number of nitro groups is 1. The van der Waals surface area contributed by atoms with E-state index in [0.29, 0.717) is 25.7 Å². The highest BCUT2D eigenvalue weighted by molar-refractivity contribution is 4.95. The van der Waals surface area contributed by atoms with Gasteiger partial charge in [0.05, 0.1) is 12.1 Å². The van der Waals surface area contributed by atoms with Crippen LogP contribution in [0, 0.1) is 38.7 Å². The Labute approximate surface area is 101 Å². The molecule has 1 saturated carbocycles. The van der Waals surface area contributed by atoms with Crippen molar-refractivity contribution in [1.82, 2.24) is 0 Å². The van der Waals surface area contributed by atoms with E-state index in [-0.39, 0.29) is 17.3 Å². The minimum atomic E-state index is -0.954. The molecule has 0 radical (unpaired) electrons. The van der Waals surface area contributed by atoms with E-state index in [1.54, 1.807) is 0 Å². The first-order valence-corrected chi connectivity index (χ1v) is 6.06. The Balaban J connectivity index is 2.88. The van der Waals surface area contributed by atoms with Crippen molar-refractivity contribution in [2.24, 2.45) is 5.92 Å². The van der Waals surface area contributed by atoms with Crippen LogP contribution in [0.25, 0.3) is 0 Å². The van der Waals surface area contributed by atoms with Crippen LogP contribution in [0.3, 0.4) is 0 Å². The van der Waals surface area contributed by atoms with E-state index in [1.165, 1.54) is 0 Å². The molecule has 0 aromatic carbocycles. The fraction of sp³-hybridized carbons (Fsp3) is 0.833. The van der Waals surface area contributed by atoms with Crippen molar-refractivity contribution in [3.05, 3.63) is 10.1 Å². The van der Waals surface area contributed by atoms with Gasteiger partial charge in [-0.05, 0) is 19.3 Å². The lowest BCUT2D eigenvalue weighted by Crippen LogP contribution is -2.47. The Hall–Kier alpha value is -1.62. The third-order valence-electron chi connectivity index (χ3n) is 3.79. The van der Waals surface area contributed by atoms with Gasteiger partial charge in [-0.15, -0.1) is 0 Å². The fourth-order valence-electron chi connectivity index (χ4n) is 2.81. The normalized spacial score (nSPS) is 19.9. The molecule has 0 aliphatic heterocycles. The molecule has 0 amide bonds. The second kappa shape index (κ2) is 6.20. The summed E-state index contributed by atoms with van der Waals surface area (Å²) in [5.41, 5.74) is -0.954. The quantitative estimate of drug-likeness (QED) is 0.541. The number of nitriles is 2. The molecule has 1 aliphatic rings. The van der Waals surface area contributed by atoms with Crippen molar-refractivity contribution in [1.29, 1.82) is 10.5 Å². The lowest BCUT2D eigenvalue weighted by atomic mass is 9.70. The van der Waals surface area contributed by atoms with Crippen molar-refractivity contribution < 1.29 is 4.92 Å². The van der Waals surface area contributed by atoms with Crippen molar-refractivity contribution in [2.75, 3.05) is 0 Å². The smallest absolute Gasteiger partial charge is 0.226 e. The highest BCUT2D eigenvalue weighted by Crippen LogP contribution is 2.40. The zero-order valence-electron chi connectivity index (χ0n) is 9.89. The van der Waals surface area contributed by atoms with E-state index in [2.05, 4.69) is 0 Å². The molecule has 0 spiro atoms. The van der Waals surface area contributed by atoms with Gasteiger partial charge in [-0.2, -0.15) is 10.5 Å². The first-order valence-electron chi connectivity index (χ1n) is 6.06. The molecular formula is C12H17N3O2. The topological polar surface area (TPSA) is 90.7 Å². The van der Waals surface area contributed by atoms with Gasteiger partial charge in [0.1, 0.15) is 0 Å². The number of nitrogens with zero attached hydrogens (tertiary/aromatic N) is 3. The van der Waals surface area contributed by atoms with Crippen molar-refractivity contribution >= 4 is 0 Å². The second-order valence-corrected chi connectivity index (χ2v) is 4.68. The molecule has 1 rings (SSSR count). The van der Waals surface area contributed by atoms with E-state index in [0.717, 1.165) is 19.3 Å². The van der Waals surface area contributed by atoms with E-state index in [1.807, 2.05) is 12.1 Å². The Morgan fingerprint density at radius 1 is 1.24 bits per heavy atom. The predicted molar refractivity (Wildman–Crippen MR) is 61.4 cm³/mol.